The summed E-state index contributed by atoms with van der Waals surface area (Å²) in [6, 6.07) is 18.2. The smallest absolute Gasteiger partial charge is 0.235 e. The SMILES string of the molecule is CCc1cccc(NC(=O)C2(c3ccccc3)CC2)c1. The minimum absolute atomic E-state index is 0.122. The Hall–Kier alpha value is -2.09. The van der Waals surface area contributed by atoms with Crippen LogP contribution in [-0.4, -0.2) is 5.91 Å². The summed E-state index contributed by atoms with van der Waals surface area (Å²) >= 11 is 0. The molecule has 3 rings (SSSR count). The number of amides is 1. The monoisotopic (exact) mass is 265 g/mol. The van der Waals surface area contributed by atoms with Crippen molar-refractivity contribution >= 4 is 11.6 Å². The molecule has 102 valence electrons. The number of anilines is 1. The first-order valence-electron chi connectivity index (χ1n) is 7.20. The highest BCUT2D eigenvalue weighted by atomic mass is 16.2. The molecule has 1 aliphatic rings. The first kappa shape index (κ1) is 12.9. The fraction of sp³-hybridized carbons (Fsp3) is 0.278. The normalized spacial score (nSPS) is 15.7. The lowest BCUT2D eigenvalue weighted by atomic mass is 9.95. The Kier molecular flexibility index (Phi) is 3.31. The van der Waals surface area contributed by atoms with E-state index in [1.807, 2.05) is 30.3 Å². The van der Waals surface area contributed by atoms with Crippen molar-refractivity contribution in [3.63, 3.8) is 0 Å². The zero-order valence-corrected chi connectivity index (χ0v) is 11.7. The molecule has 0 aliphatic heterocycles. The van der Waals surface area contributed by atoms with E-state index in [0.717, 1.165) is 30.5 Å². The minimum Gasteiger partial charge on any atom is -0.325 e. The molecule has 20 heavy (non-hydrogen) atoms. The molecule has 1 amide bonds. The summed E-state index contributed by atoms with van der Waals surface area (Å²) in [6.07, 6.45) is 2.86. The van der Waals surface area contributed by atoms with Crippen LogP contribution in [0.1, 0.15) is 30.9 Å². The van der Waals surface area contributed by atoms with E-state index < -0.39 is 0 Å². The van der Waals surface area contributed by atoms with Gasteiger partial charge < -0.3 is 5.32 Å². The van der Waals surface area contributed by atoms with Gasteiger partial charge in [-0.3, -0.25) is 4.79 Å². The molecule has 2 aromatic rings. The highest BCUT2D eigenvalue weighted by Crippen LogP contribution is 2.48. The first-order valence-corrected chi connectivity index (χ1v) is 7.20. The molecule has 1 N–H and O–H groups in total. The third kappa shape index (κ3) is 2.34. The topological polar surface area (TPSA) is 29.1 Å². The van der Waals surface area contributed by atoms with Crippen LogP contribution in [-0.2, 0) is 16.6 Å². The van der Waals surface area contributed by atoms with E-state index >= 15 is 0 Å². The minimum atomic E-state index is -0.302. The molecule has 1 aliphatic carbocycles. The maximum atomic E-state index is 12.6. The average Bonchev–Trinajstić information content (AvgIpc) is 3.30. The van der Waals surface area contributed by atoms with Crippen LogP contribution >= 0.6 is 0 Å². The van der Waals surface area contributed by atoms with E-state index in [1.54, 1.807) is 0 Å². The van der Waals surface area contributed by atoms with Crippen molar-refractivity contribution in [2.75, 3.05) is 5.32 Å². The zero-order valence-electron chi connectivity index (χ0n) is 11.7. The van der Waals surface area contributed by atoms with Crippen LogP contribution in [0.5, 0.6) is 0 Å². The van der Waals surface area contributed by atoms with Crippen LogP contribution in [0.2, 0.25) is 0 Å². The van der Waals surface area contributed by atoms with Gasteiger partial charge in [-0.2, -0.15) is 0 Å². The van der Waals surface area contributed by atoms with Gasteiger partial charge >= 0.3 is 0 Å². The number of carbonyl (C=O) groups is 1. The summed E-state index contributed by atoms with van der Waals surface area (Å²) in [6.45, 7) is 2.12. The van der Waals surface area contributed by atoms with E-state index in [9.17, 15) is 4.79 Å². The van der Waals surface area contributed by atoms with E-state index in [1.165, 1.54) is 5.56 Å². The van der Waals surface area contributed by atoms with Gasteiger partial charge in [0.05, 0.1) is 5.41 Å². The molecule has 0 atom stereocenters. The lowest BCUT2D eigenvalue weighted by Gasteiger charge is -2.16. The molecule has 0 spiro atoms. The van der Waals surface area contributed by atoms with Crippen molar-refractivity contribution in [1.82, 2.24) is 0 Å². The molecule has 0 aromatic heterocycles. The van der Waals surface area contributed by atoms with Gasteiger partial charge in [0.25, 0.3) is 0 Å². The van der Waals surface area contributed by atoms with Crippen molar-refractivity contribution in [2.45, 2.75) is 31.6 Å². The molecule has 2 heteroatoms. The summed E-state index contributed by atoms with van der Waals surface area (Å²) in [5.41, 5.74) is 2.97. The van der Waals surface area contributed by atoms with Crippen LogP contribution in [0, 0.1) is 0 Å². The Bertz CT molecular complexity index is 614. The van der Waals surface area contributed by atoms with Gasteiger partial charge in [0.1, 0.15) is 0 Å². The van der Waals surface area contributed by atoms with Crippen LogP contribution in [0.3, 0.4) is 0 Å². The number of hydrogen-bond acceptors (Lipinski definition) is 1. The quantitative estimate of drug-likeness (QED) is 0.892. The van der Waals surface area contributed by atoms with Gasteiger partial charge in [0.15, 0.2) is 0 Å². The maximum Gasteiger partial charge on any atom is 0.235 e. The molecule has 0 saturated heterocycles. The van der Waals surface area contributed by atoms with Gasteiger partial charge in [-0.05, 0) is 42.5 Å². The second-order valence-corrected chi connectivity index (χ2v) is 5.46. The Morgan fingerprint density at radius 1 is 1.10 bits per heavy atom. The van der Waals surface area contributed by atoms with Gasteiger partial charge in [-0.25, -0.2) is 0 Å². The van der Waals surface area contributed by atoms with E-state index in [2.05, 4.69) is 36.5 Å². The number of hydrogen-bond donors (Lipinski definition) is 1. The Morgan fingerprint density at radius 3 is 2.50 bits per heavy atom. The molecular weight excluding hydrogens is 246 g/mol. The average molecular weight is 265 g/mol. The predicted molar refractivity (Wildman–Crippen MR) is 81.8 cm³/mol. The number of benzene rings is 2. The molecule has 1 saturated carbocycles. The van der Waals surface area contributed by atoms with Gasteiger partial charge in [0, 0.05) is 5.69 Å². The second-order valence-electron chi connectivity index (χ2n) is 5.46. The second kappa shape index (κ2) is 5.12. The summed E-state index contributed by atoms with van der Waals surface area (Å²) < 4.78 is 0. The van der Waals surface area contributed by atoms with Crippen LogP contribution < -0.4 is 5.32 Å². The Balaban J connectivity index is 1.80. The summed E-state index contributed by atoms with van der Waals surface area (Å²) in [5.74, 6) is 0.122. The Labute approximate surface area is 119 Å². The van der Waals surface area contributed by atoms with Gasteiger partial charge in [-0.1, -0.05) is 49.4 Å². The molecule has 2 aromatic carbocycles. The van der Waals surface area contributed by atoms with Crippen molar-refractivity contribution in [1.29, 1.82) is 0 Å². The van der Waals surface area contributed by atoms with E-state index in [4.69, 9.17) is 0 Å². The van der Waals surface area contributed by atoms with Gasteiger partial charge in [0.2, 0.25) is 5.91 Å². The molecule has 0 bridgehead atoms. The molecular formula is C18H19NO. The van der Waals surface area contributed by atoms with E-state index in [-0.39, 0.29) is 11.3 Å². The first-order chi connectivity index (χ1) is 9.74. The highest BCUT2D eigenvalue weighted by molar-refractivity contribution is 6.01. The number of carbonyl (C=O) groups excluding carboxylic acids is 1. The van der Waals surface area contributed by atoms with Crippen molar-refractivity contribution in [3.8, 4) is 0 Å². The lowest BCUT2D eigenvalue weighted by molar-refractivity contribution is -0.118. The van der Waals surface area contributed by atoms with Gasteiger partial charge in [-0.15, -0.1) is 0 Å². The maximum absolute atomic E-state index is 12.6. The largest absolute Gasteiger partial charge is 0.325 e. The van der Waals surface area contributed by atoms with E-state index in [0.29, 0.717) is 0 Å². The molecule has 0 unspecified atom stereocenters. The third-order valence-corrected chi connectivity index (χ3v) is 4.10. The fourth-order valence-corrected chi connectivity index (χ4v) is 2.65. The lowest BCUT2D eigenvalue weighted by Crippen LogP contribution is -2.27. The number of rotatable bonds is 4. The summed E-state index contributed by atoms with van der Waals surface area (Å²) in [5, 5.41) is 3.08. The van der Waals surface area contributed by atoms with Crippen LogP contribution in [0.15, 0.2) is 54.6 Å². The zero-order chi connectivity index (χ0) is 14.0. The molecule has 0 heterocycles. The van der Waals surface area contributed by atoms with Crippen LogP contribution in [0.25, 0.3) is 0 Å². The summed E-state index contributed by atoms with van der Waals surface area (Å²) in [4.78, 5) is 12.6. The van der Waals surface area contributed by atoms with Crippen molar-refractivity contribution in [3.05, 3.63) is 65.7 Å². The Morgan fingerprint density at radius 2 is 1.85 bits per heavy atom. The summed E-state index contributed by atoms with van der Waals surface area (Å²) in [7, 11) is 0. The fourth-order valence-electron chi connectivity index (χ4n) is 2.65. The van der Waals surface area contributed by atoms with Crippen molar-refractivity contribution in [2.24, 2.45) is 0 Å². The third-order valence-electron chi connectivity index (χ3n) is 4.10. The highest BCUT2D eigenvalue weighted by Gasteiger charge is 2.51. The molecule has 2 nitrogen and oxygen atoms in total. The number of nitrogens with one attached hydrogen (secondary N) is 1. The predicted octanol–water partition coefficient (Wildman–Crippen LogP) is 3.92. The standard InChI is InChI=1S/C18H19NO/c1-2-14-7-6-10-16(13-14)19-17(20)18(11-12-18)15-8-4-3-5-9-15/h3-10,13H,2,11-12H2,1H3,(H,19,20). The molecule has 0 radical (unpaired) electrons. The van der Waals surface area contributed by atoms with Crippen molar-refractivity contribution < 1.29 is 4.79 Å². The number of aryl methyl sites for hydroxylation is 1. The van der Waals surface area contributed by atoms with Crippen LogP contribution in [0.4, 0.5) is 5.69 Å². The molecule has 1 fully saturated rings.